The lowest BCUT2D eigenvalue weighted by Gasteiger charge is -2.17. The third kappa shape index (κ3) is 5.92. The van der Waals surface area contributed by atoms with E-state index in [4.69, 9.17) is 10.8 Å². The van der Waals surface area contributed by atoms with E-state index < -0.39 is 30.8 Å². The Morgan fingerprint density at radius 1 is 1.44 bits per heavy atom. The predicted octanol–water partition coefficient (Wildman–Crippen LogP) is 0.399. The van der Waals surface area contributed by atoms with Gasteiger partial charge in [0.2, 0.25) is 5.91 Å². The van der Waals surface area contributed by atoms with Crippen molar-refractivity contribution in [2.24, 2.45) is 11.7 Å². The average molecular weight is 242 g/mol. The molecule has 2 atom stereocenters. The third-order valence-electron chi connectivity index (χ3n) is 2.15. The zero-order valence-corrected chi connectivity index (χ0v) is 9.21. The Labute approximate surface area is 92.0 Å². The van der Waals surface area contributed by atoms with E-state index in [0.29, 0.717) is 0 Å². The van der Waals surface area contributed by atoms with Crippen LogP contribution in [0.15, 0.2) is 0 Å². The molecule has 0 bridgehead atoms. The van der Waals surface area contributed by atoms with Gasteiger partial charge in [0, 0.05) is 12.5 Å². The third-order valence-corrected chi connectivity index (χ3v) is 2.15. The molecule has 96 valence electrons. The fraction of sp³-hybridized carbons (Fsp3) is 0.889. The minimum atomic E-state index is -4.71. The van der Waals surface area contributed by atoms with E-state index in [1.165, 1.54) is 0 Å². The van der Waals surface area contributed by atoms with Crippen LogP contribution in [0.25, 0.3) is 0 Å². The van der Waals surface area contributed by atoms with Crippen molar-refractivity contribution in [2.45, 2.75) is 38.6 Å². The van der Waals surface area contributed by atoms with Crippen LogP contribution in [0.5, 0.6) is 0 Å². The summed E-state index contributed by atoms with van der Waals surface area (Å²) in [6, 6.07) is -0.400. The Morgan fingerprint density at radius 2 is 1.94 bits per heavy atom. The summed E-state index contributed by atoms with van der Waals surface area (Å²) in [5.41, 5.74) is 5.56. The van der Waals surface area contributed by atoms with E-state index in [-0.39, 0.29) is 12.3 Å². The molecule has 0 saturated carbocycles. The maximum atomic E-state index is 11.9. The van der Waals surface area contributed by atoms with Crippen molar-refractivity contribution < 1.29 is 23.1 Å². The van der Waals surface area contributed by atoms with Crippen molar-refractivity contribution in [1.29, 1.82) is 0 Å². The first-order valence-electron chi connectivity index (χ1n) is 4.91. The van der Waals surface area contributed by atoms with Gasteiger partial charge in [-0.15, -0.1) is 0 Å². The first-order valence-corrected chi connectivity index (χ1v) is 4.91. The summed E-state index contributed by atoms with van der Waals surface area (Å²) in [6.07, 6.45) is -7.30. The number of nitrogens with one attached hydrogen (secondary N) is 1. The molecule has 0 aromatic rings. The van der Waals surface area contributed by atoms with Crippen LogP contribution in [-0.2, 0) is 4.79 Å². The SMILES string of the molecule is CC(C)C(N)CC(=O)NCC(O)C(F)(F)F. The summed E-state index contributed by atoms with van der Waals surface area (Å²) < 4.78 is 35.6. The Kier molecular flexibility index (Phi) is 5.74. The van der Waals surface area contributed by atoms with E-state index in [1.807, 2.05) is 19.2 Å². The van der Waals surface area contributed by atoms with Crippen molar-refractivity contribution in [3.63, 3.8) is 0 Å². The molecule has 0 aromatic carbocycles. The largest absolute Gasteiger partial charge is 0.416 e. The number of rotatable bonds is 5. The van der Waals surface area contributed by atoms with Crippen LogP contribution < -0.4 is 11.1 Å². The summed E-state index contributed by atoms with van der Waals surface area (Å²) >= 11 is 0. The van der Waals surface area contributed by atoms with Gasteiger partial charge in [0.05, 0.1) is 6.54 Å². The first-order chi connectivity index (χ1) is 7.14. The van der Waals surface area contributed by atoms with Gasteiger partial charge in [-0.05, 0) is 5.92 Å². The van der Waals surface area contributed by atoms with E-state index in [2.05, 4.69) is 0 Å². The summed E-state index contributed by atoms with van der Waals surface area (Å²) in [5, 5.41) is 10.6. The molecule has 0 radical (unpaired) electrons. The van der Waals surface area contributed by atoms with Gasteiger partial charge in [-0.3, -0.25) is 4.79 Å². The zero-order chi connectivity index (χ0) is 12.9. The minimum Gasteiger partial charge on any atom is -0.382 e. The van der Waals surface area contributed by atoms with Gasteiger partial charge in [0.25, 0.3) is 0 Å². The quantitative estimate of drug-likeness (QED) is 0.653. The number of nitrogens with two attached hydrogens (primary N) is 1. The predicted molar refractivity (Wildman–Crippen MR) is 52.5 cm³/mol. The number of hydrogen-bond donors (Lipinski definition) is 3. The fourth-order valence-electron chi connectivity index (χ4n) is 0.848. The van der Waals surface area contributed by atoms with Crippen molar-refractivity contribution in [2.75, 3.05) is 6.54 Å². The number of amides is 1. The van der Waals surface area contributed by atoms with Crippen molar-refractivity contribution in [3.05, 3.63) is 0 Å². The van der Waals surface area contributed by atoms with Gasteiger partial charge in [0.1, 0.15) is 0 Å². The summed E-state index contributed by atoms with van der Waals surface area (Å²) in [7, 11) is 0. The van der Waals surface area contributed by atoms with Crippen LogP contribution in [0, 0.1) is 5.92 Å². The molecule has 0 aliphatic carbocycles. The number of alkyl halides is 3. The zero-order valence-electron chi connectivity index (χ0n) is 9.21. The Hall–Kier alpha value is -0.820. The second-order valence-corrected chi connectivity index (χ2v) is 3.97. The smallest absolute Gasteiger partial charge is 0.382 e. The maximum absolute atomic E-state index is 11.9. The number of aliphatic hydroxyl groups is 1. The molecule has 16 heavy (non-hydrogen) atoms. The summed E-state index contributed by atoms with van der Waals surface area (Å²) in [5.74, 6) is -0.525. The van der Waals surface area contributed by atoms with Crippen molar-refractivity contribution >= 4 is 5.91 Å². The number of carbonyl (C=O) groups is 1. The van der Waals surface area contributed by atoms with Crippen molar-refractivity contribution in [1.82, 2.24) is 5.32 Å². The van der Waals surface area contributed by atoms with Gasteiger partial charge >= 0.3 is 6.18 Å². The molecule has 0 fully saturated rings. The number of aliphatic hydroxyl groups excluding tert-OH is 1. The van der Waals surface area contributed by atoms with Crippen LogP contribution in [0.2, 0.25) is 0 Å². The lowest BCUT2D eigenvalue weighted by molar-refractivity contribution is -0.201. The van der Waals surface area contributed by atoms with Crippen LogP contribution in [0.4, 0.5) is 13.2 Å². The molecule has 4 nitrogen and oxygen atoms in total. The lowest BCUT2D eigenvalue weighted by atomic mass is 10.0. The van der Waals surface area contributed by atoms with Gasteiger partial charge in [-0.1, -0.05) is 13.8 Å². The Balaban J connectivity index is 3.91. The lowest BCUT2D eigenvalue weighted by Crippen LogP contribution is -2.42. The fourth-order valence-corrected chi connectivity index (χ4v) is 0.848. The van der Waals surface area contributed by atoms with Crippen LogP contribution in [0.1, 0.15) is 20.3 Å². The molecule has 0 saturated heterocycles. The molecule has 0 aliphatic heterocycles. The van der Waals surface area contributed by atoms with E-state index in [1.54, 1.807) is 0 Å². The molecule has 2 unspecified atom stereocenters. The highest BCUT2D eigenvalue weighted by molar-refractivity contribution is 5.76. The number of halogens is 3. The highest BCUT2D eigenvalue weighted by Gasteiger charge is 2.38. The second kappa shape index (κ2) is 6.05. The topological polar surface area (TPSA) is 75.4 Å². The van der Waals surface area contributed by atoms with Crippen molar-refractivity contribution in [3.8, 4) is 0 Å². The first kappa shape index (κ1) is 15.2. The van der Waals surface area contributed by atoms with E-state index in [9.17, 15) is 18.0 Å². The van der Waals surface area contributed by atoms with Gasteiger partial charge in [-0.25, -0.2) is 0 Å². The molecule has 4 N–H and O–H groups in total. The highest BCUT2D eigenvalue weighted by atomic mass is 19.4. The molecular weight excluding hydrogens is 225 g/mol. The van der Waals surface area contributed by atoms with E-state index >= 15 is 0 Å². The maximum Gasteiger partial charge on any atom is 0.416 e. The number of hydrogen-bond acceptors (Lipinski definition) is 3. The minimum absolute atomic E-state index is 0.0533. The molecule has 0 aliphatic rings. The van der Waals surface area contributed by atoms with Crippen LogP contribution >= 0.6 is 0 Å². The van der Waals surface area contributed by atoms with Crippen LogP contribution in [-0.4, -0.2) is 35.9 Å². The Bertz CT molecular complexity index is 231. The standard InChI is InChI=1S/C9H17F3N2O2/c1-5(2)6(13)3-8(16)14-4-7(15)9(10,11)12/h5-7,15H,3-4,13H2,1-2H3,(H,14,16). The monoisotopic (exact) mass is 242 g/mol. The van der Waals surface area contributed by atoms with Crippen LogP contribution in [0.3, 0.4) is 0 Å². The molecule has 0 rings (SSSR count). The van der Waals surface area contributed by atoms with Gasteiger partial charge < -0.3 is 16.2 Å². The molecule has 1 amide bonds. The van der Waals surface area contributed by atoms with E-state index in [0.717, 1.165) is 0 Å². The molecule has 7 heteroatoms. The normalized spacial score (nSPS) is 16.0. The molecule has 0 aromatic heterocycles. The molecular formula is C9H17F3N2O2. The molecule has 0 spiro atoms. The number of carbonyl (C=O) groups excluding carboxylic acids is 1. The van der Waals surface area contributed by atoms with Gasteiger partial charge in [0.15, 0.2) is 6.10 Å². The Morgan fingerprint density at radius 3 is 2.31 bits per heavy atom. The van der Waals surface area contributed by atoms with Gasteiger partial charge in [-0.2, -0.15) is 13.2 Å². The average Bonchev–Trinajstić information content (AvgIpc) is 2.12. The summed E-state index contributed by atoms with van der Waals surface area (Å²) in [4.78, 5) is 11.1. The second-order valence-electron chi connectivity index (χ2n) is 3.97. The summed E-state index contributed by atoms with van der Waals surface area (Å²) in [6.45, 7) is 2.78. The highest BCUT2D eigenvalue weighted by Crippen LogP contribution is 2.19. The molecule has 0 heterocycles.